The molecule has 0 aromatic heterocycles. The van der Waals surface area contributed by atoms with Gasteiger partial charge in [-0.15, -0.1) is 0 Å². The molecule has 0 amide bonds. The van der Waals surface area contributed by atoms with E-state index in [2.05, 4.69) is 0 Å². The van der Waals surface area contributed by atoms with Crippen LogP contribution in [0.5, 0.6) is 0 Å². The second-order valence-corrected chi connectivity index (χ2v) is 8.88. The van der Waals surface area contributed by atoms with Crippen molar-refractivity contribution in [1.29, 1.82) is 0 Å². The Morgan fingerprint density at radius 1 is 1.04 bits per heavy atom. The zero-order valence-electron chi connectivity index (χ0n) is 18.1. The summed E-state index contributed by atoms with van der Waals surface area (Å²) >= 11 is 0. The van der Waals surface area contributed by atoms with Crippen molar-refractivity contribution >= 4 is 0 Å². The number of hydrogen-bond donors (Lipinski definition) is 3. The van der Waals surface area contributed by atoms with Gasteiger partial charge >= 0.3 is 0 Å². The Bertz CT molecular complexity index is 497. The highest BCUT2D eigenvalue weighted by atomic mass is 16.8. The molecule has 0 radical (unpaired) electrons. The van der Waals surface area contributed by atoms with E-state index in [1.54, 1.807) is 0 Å². The molecule has 3 saturated heterocycles. The summed E-state index contributed by atoms with van der Waals surface area (Å²) in [7, 11) is 0. The molecule has 3 heterocycles. The first-order valence-electron chi connectivity index (χ1n) is 10.2. The van der Waals surface area contributed by atoms with Crippen molar-refractivity contribution in [3.63, 3.8) is 0 Å². The van der Waals surface area contributed by atoms with Gasteiger partial charge in [-0.25, -0.2) is 0 Å². The van der Waals surface area contributed by atoms with Crippen molar-refractivity contribution in [2.24, 2.45) is 11.8 Å². The minimum Gasteiger partial charge on any atom is -0.394 e. The Hall–Kier alpha value is -0.320. The lowest BCUT2D eigenvalue weighted by Crippen LogP contribution is -2.46. The maximum atomic E-state index is 9.75. The van der Waals surface area contributed by atoms with Crippen LogP contribution < -0.4 is 0 Å². The summed E-state index contributed by atoms with van der Waals surface area (Å²) < 4.78 is 27.7. The summed E-state index contributed by atoms with van der Waals surface area (Å²) in [6.45, 7) is 13.5. The molecule has 1 unspecified atom stereocenters. The molecule has 0 bridgehead atoms. The Kier molecular flexibility index (Phi) is 7.89. The number of fused-ring (bicyclic) bond motifs is 1. The number of hydrogen-bond acceptors (Lipinski definition) is 8. The van der Waals surface area contributed by atoms with E-state index in [0.29, 0.717) is 13.0 Å². The fourth-order valence-electron chi connectivity index (χ4n) is 3.99. The molecule has 3 fully saturated rings. The molecule has 8 heteroatoms. The van der Waals surface area contributed by atoms with Crippen LogP contribution in [0.1, 0.15) is 54.9 Å². The van der Waals surface area contributed by atoms with Crippen LogP contribution in [-0.2, 0) is 23.7 Å². The Balaban J connectivity index is 0.000000202. The zero-order chi connectivity index (χ0) is 21.3. The smallest absolute Gasteiger partial charge is 0.163 e. The lowest BCUT2D eigenvalue weighted by Gasteiger charge is -2.32. The third-order valence-corrected chi connectivity index (χ3v) is 5.57. The Morgan fingerprint density at radius 3 is 2.21 bits per heavy atom. The topological polar surface area (TPSA) is 107 Å². The standard InChI is InChI=1S/C11H22O4.C9H16O4/c1-5-8(13)7(2)10-9(6-12)14-11(3,4)15-10;1-5-7-6(4-11-8(5)10)12-9(2,3)13-7/h7-10,12-13H,5-6H2,1-4H3;5-8,10H,4H2,1-3H3/t7-,8-,9-,10+;5-,6+,7-,8?/m01/s1. The predicted molar refractivity (Wildman–Crippen MR) is 101 cm³/mol. The van der Waals surface area contributed by atoms with Gasteiger partial charge in [0.1, 0.15) is 12.2 Å². The lowest BCUT2D eigenvalue weighted by molar-refractivity contribution is -0.199. The summed E-state index contributed by atoms with van der Waals surface area (Å²) in [4.78, 5) is 0. The van der Waals surface area contributed by atoms with Crippen molar-refractivity contribution in [3.8, 4) is 0 Å². The first-order chi connectivity index (χ1) is 12.9. The minimum atomic E-state index is -0.723. The van der Waals surface area contributed by atoms with Crippen molar-refractivity contribution in [3.05, 3.63) is 0 Å². The van der Waals surface area contributed by atoms with Crippen LogP contribution in [0.3, 0.4) is 0 Å². The monoisotopic (exact) mass is 406 g/mol. The number of rotatable bonds is 4. The van der Waals surface area contributed by atoms with Crippen LogP contribution >= 0.6 is 0 Å². The van der Waals surface area contributed by atoms with Crippen LogP contribution in [0.2, 0.25) is 0 Å². The van der Waals surface area contributed by atoms with Crippen LogP contribution in [0.15, 0.2) is 0 Å². The lowest BCUT2D eigenvalue weighted by atomic mass is 9.93. The molecule has 166 valence electrons. The largest absolute Gasteiger partial charge is 0.394 e. The molecular weight excluding hydrogens is 368 g/mol. The molecule has 0 aromatic carbocycles. The van der Waals surface area contributed by atoms with Gasteiger partial charge in [0.15, 0.2) is 17.9 Å². The van der Waals surface area contributed by atoms with E-state index in [1.165, 1.54) is 0 Å². The molecule has 8 nitrogen and oxygen atoms in total. The predicted octanol–water partition coefficient (Wildman–Crippen LogP) is 1.40. The minimum absolute atomic E-state index is 0.0273. The van der Waals surface area contributed by atoms with Crippen molar-refractivity contribution in [1.82, 2.24) is 0 Å². The van der Waals surface area contributed by atoms with E-state index < -0.39 is 24.0 Å². The summed E-state index contributed by atoms with van der Waals surface area (Å²) in [5.41, 5.74) is 0. The van der Waals surface area contributed by atoms with E-state index in [9.17, 15) is 15.3 Å². The van der Waals surface area contributed by atoms with E-state index >= 15 is 0 Å². The quantitative estimate of drug-likeness (QED) is 0.643. The maximum Gasteiger partial charge on any atom is 0.163 e. The van der Waals surface area contributed by atoms with E-state index in [1.807, 2.05) is 48.5 Å². The third-order valence-electron chi connectivity index (χ3n) is 5.57. The second kappa shape index (κ2) is 9.22. The highest BCUT2D eigenvalue weighted by molar-refractivity contribution is 4.89. The molecule has 3 rings (SSSR count). The zero-order valence-corrected chi connectivity index (χ0v) is 18.1. The first-order valence-corrected chi connectivity index (χ1v) is 10.2. The van der Waals surface area contributed by atoms with Crippen molar-refractivity contribution in [2.45, 2.75) is 103 Å². The normalized spacial score (nSPS) is 40.9. The second-order valence-electron chi connectivity index (χ2n) is 8.88. The number of aliphatic hydroxyl groups is 3. The summed E-state index contributed by atoms with van der Waals surface area (Å²) in [5, 5.41) is 28.4. The molecular formula is C20H38O8. The SMILES string of the molecule is CC[C@H](O)[C@H](C)[C@H]1OC(C)(C)O[C@H]1CO.C[C@H]1C(O)OC[C@@H]2OC(C)(C)O[C@@H]21. The van der Waals surface area contributed by atoms with Gasteiger partial charge in [0.05, 0.1) is 31.5 Å². The third kappa shape index (κ3) is 5.64. The van der Waals surface area contributed by atoms with E-state index in [0.717, 1.165) is 0 Å². The molecule has 3 aliphatic rings. The molecule has 0 saturated carbocycles. The molecule has 0 aromatic rings. The summed E-state index contributed by atoms with van der Waals surface area (Å²) in [6.07, 6.45) is -1.11. The van der Waals surface area contributed by atoms with Crippen molar-refractivity contribution in [2.75, 3.05) is 13.2 Å². The van der Waals surface area contributed by atoms with E-state index in [4.69, 9.17) is 23.7 Å². The molecule has 3 aliphatic heterocycles. The van der Waals surface area contributed by atoms with Gasteiger partial charge in [0, 0.05) is 11.8 Å². The molecule has 28 heavy (non-hydrogen) atoms. The molecule has 8 atom stereocenters. The van der Waals surface area contributed by atoms with Crippen LogP contribution in [-0.4, -0.2) is 76.9 Å². The van der Waals surface area contributed by atoms with Crippen LogP contribution in [0.25, 0.3) is 0 Å². The van der Waals surface area contributed by atoms with Gasteiger partial charge in [0.25, 0.3) is 0 Å². The van der Waals surface area contributed by atoms with Gasteiger partial charge in [-0.1, -0.05) is 20.8 Å². The first kappa shape index (κ1) is 24.0. The van der Waals surface area contributed by atoms with Gasteiger partial charge in [-0.3, -0.25) is 0 Å². The summed E-state index contributed by atoms with van der Waals surface area (Å²) in [6, 6.07) is 0. The highest BCUT2D eigenvalue weighted by Crippen LogP contribution is 2.36. The fourth-order valence-corrected chi connectivity index (χ4v) is 3.99. The number of ether oxygens (including phenoxy) is 5. The van der Waals surface area contributed by atoms with Gasteiger partial charge in [-0.05, 0) is 34.1 Å². The maximum absolute atomic E-state index is 9.75. The Morgan fingerprint density at radius 2 is 1.64 bits per heavy atom. The Labute approximate surface area is 168 Å². The van der Waals surface area contributed by atoms with Crippen LogP contribution in [0.4, 0.5) is 0 Å². The average molecular weight is 407 g/mol. The molecule has 3 N–H and O–H groups in total. The summed E-state index contributed by atoms with van der Waals surface area (Å²) in [5.74, 6) is -1.27. The van der Waals surface area contributed by atoms with Crippen LogP contribution in [0, 0.1) is 11.8 Å². The van der Waals surface area contributed by atoms with E-state index in [-0.39, 0.29) is 42.9 Å². The highest BCUT2D eigenvalue weighted by Gasteiger charge is 2.49. The van der Waals surface area contributed by atoms with Gasteiger partial charge < -0.3 is 39.0 Å². The average Bonchev–Trinajstić information content (AvgIpc) is 3.12. The molecule has 0 spiro atoms. The van der Waals surface area contributed by atoms with Gasteiger partial charge in [-0.2, -0.15) is 0 Å². The van der Waals surface area contributed by atoms with Crippen molar-refractivity contribution < 1.29 is 39.0 Å². The molecule has 0 aliphatic carbocycles. The van der Waals surface area contributed by atoms with Gasteiger partial charge in [0.2, 0.25) is 0 Å². The fraction of sp³-hybridized carbons (Fsp3) is 1.00. The number of aliphatic hydroxyl groups excluding tert-OH is 3.